The molecule has 2 aromatic rings. The third-order valence-electron chi connectivity index (χ3n) is 4.88. The fourth-order valence-corrected chi connectivity index (χ4v) is 5.32. The second kappa shape index (κ2) is 12.0. The average molecular weight is 565 g/mol. The smallest absolute Gasteiger partial charge is 0.191 e. The lowest BCUT2D eigenvalue weighted by molar-refractivity contribution is 0.568. The number of hydrogen-bond acceptors (Lipinski definition) is 5. The zero-order valence-electron chi connectivity index (χ0n) is 18.5. The first-order valence-electron chi connectivity index (χ1n) is 9.87. The number of thiazole rings is 1. The predicted octanol–water partition coefficient (Wildman–Crippen LogP) is 4.42. The number of hydrogen-bond donors (Lipinski definition) is 2. The molecule has 30 heavy (non-hydrogen) atoms. The molecule has 1 aromatic carbocycles. The quantitative estimate of drug-likeness (QED) is 0.282. The van der Waals surface area contributed by atoms with Crippen molar-refractivity contribution in [2.45, 2.75) is 64.4 Å². The molecule has 0 amide bonds. The van der Waals surface area contributed by atoms with Gasteiger partial charge in [-0.25, -0.2) is 13.4 Å². The summed E-state index contributed by atoms with van der Waals surface area (Å²) in [6, 6.07) is 5.05. The Morgan fingerprint density at radius 3 is 2.47 bits per heavy atom. The number of sulfone groups is 1. The highest BCUT2D eigenvalue weighted by atomic mass is 127. The van der Waals surface area contributed by atoms with Crippen molar-refractivity contribution in [3.8, 4) is 0 Å². The molecule has 9 heteroatoms. The molecule has 0 radical (unpaired) electrons. The number of nitrogens with one attached hydrogen (secondary N) is 2. The van der Waals surface area contributed by atoms with Crippen molar-refractivity contribution in [3.63, 3.8) is 0 Å². The van der Waals surface area contributed by atoms with Gasteiger partial charge in [0.15, 0.2) is 15.8 Å². The van der Waals surface area contributed by atoms with E-state index >= 15 is 0 Å². The number of halogens is 1. The summed E-state index contributed by atoms with van der Waals surface area (Å²) in [5.74, 6) is 0.993. The van der Waals surface area contributed by atoms with E-state index in [-0.39, 0.29) is 35.8 Å². The first-order valence-corrected chi connectivity index (χ1v) is 12.4. The standard InChI is InChI=1S/C21H32N4O2S2.HI/c1-7-17(13-29(26,27)18-9-8-15(4)16(5)10-18)24-21(22-6)23-11-20-25-19(12-28-20)14(2)3;/h8-10,12,14,17H,7,11,13H2,1-6H3,(H2,22,23,24);1H. The highest BCUT2D eigenvalue weighted by molar-refractivity contribution is 14.0. The lowest BCUT2D eigenvalue weighted by atomic mass is 10.1. The van der Waals surface area contributed by atoms with Gasteiger partial charge in [-0.05, 0) is 49.4 Å². The Bertz CT molecular complexity index is 956. The van der Waals surface area contributed by atoms with Crippen molar-refractivity contribution in [1.82, 2.24) is 15.6 Å². The molecular weight excluding hydrogens is 531 g/mol. The first kappa shape index (κ1) is 26.8. The van der Waals surface area contributed by atoms with Crippen LogP contribution < -0.4 is 10.6 Å². The Morgan fingerprint density at radius 2 is 1.93 bits per heavy atom. The zero-order valence-corrected chi connectivity index (χ0v) is 22.5. The molecule has 168 valence electrons. The van der Waals surface area contributed by atoms with E-state index in [9.17, 15) is 8.42 Å². The third-order valence-corrected chi connectivity index (χ3v) is 7.56. The van der Waals surface area contributed by atoms with Gasteiger partial charge in [-0.2, -0.15) is 0 Å². The number of nitrogens with zero attached hydrogens (tertiary/aromatic N) is 2. The van der Waals surface area contributed by atoms with E-state index in [1.54, 1.807) is 30.5 Å². The average Bonchev–Trinajstić information content (AvgIpc) is 3.15. The monoisotopic (exact) mass is 564 g/mol. The van der Waals surface area contributed by atoms with E-state index in [4.69, 9.17) is 0 Å². The van der Waals surface area contributed by atoms with Gasteiger partial charge in [0.25, 0.3) is 0 Å². The second-order valence-electron chi connectivity index (χ2n) is 7.52. The number of aliphatic imine (C=N–C) groups is 1. The van der Waals surface area contributed by atoms with E-state index in [2.05, 4.69) is 39.8 Å². The summed E-state index contributed by atoms with van der Waals surface area (Å²) in [5, 5.41) is 9.53. The van der Waals surface area contributed by atoms with Gasteiger partial charge in [-0.15, -0.1) is 35.3 Å². The minimum absolute atomic E-state index is 0. The number of guanidine groups is 1. The van der Waals surface area contributed by atoms with Crippen LogP contribution in [0.15, 0.2) is 33.5 Å². The molecule has 2 rings (SSSR count). The van der Waals surface area contributed by atoms with Crippen molar-refractivity contribution < 1.29 is 8.42 Å². The van der Waals surface area contributed by atoms with Crippen LogP contribution in [0, 0.1) is 13.8 Å². The van der Waals surface area contributed by atoms with Crippen LogP contribution >= 0.6 is 35.3 Å². The molecule has 0 fully saturated rings. The van der Waals surface area contributed by atoms with Gasteiger partial charge in [-0.1, -0.05) is 26.8 Å². The fourth-order valence-electron chi connectivity index (χ4n) is 2.75. The van der Waals surface area contributed by atoms with Crippen molar-refractivity contribution in [2.75, 3.05) is 12.8 Å². The SMILES string of the molecule is CCC(CS(=O)(=O)c1ccc(C)c(C)c1)NC(=NC)NCc1nc(C(C)C)cs1.I. The molecule has 0 saturated heterocycles. The van der Waals surface area contributed by atoms with E-state index in [0.29, 0.717) is 29.7 Å². The molecule has 0 aliphatic rings. The van der Waals surface area contributed by atoms with Gasteiger partial charge in [0.1, 0.15) is 5.01 Å². The van der Waals surface area contributed by atoms with Gasteiger partial charge in [-0.3, -0.25) is 4.99 Å². The second-order valence-corrected chi connectivity index (χ2v) is 10.5. The molecule has 0 bridgehead atoms. The lowest BCUT2D eigenvalue weighted by Gasteiger charge is -2.20. The van der Waals surface area contributed by atoms with Gasteiger partial charge in [0.2, 0.25) is 0 Å². The van der Waals surface area contributed by atoms with Crippen molar-refractivity contribution in [2.24, 2.45) is 4.99 Å². The molecular formula is C21H33IN4O2S2. The summed E-state index contributed by atoms with van der Waals surface area (Å²) < 4.78 is 25.7. The van der Waals surface area contributed by atoms with Gasteiger partial charge in [0, 0.05) is 18.5 Å². The van der Waals surface area contributed by atoms with Crippen molar-refractivity contribution >= 4 is 51.1 Å². The Hall–Kier alpha value is -1.20. The van der Waals surface area contributed by atoms with Gasteiger partial charge >= 0.3 is 0 Å². The summed E-state index contributed by atoms with van der Waals surface area (Å²) in [6.45, 7) is 10.7. The molecule has 0 aliphatic heterocycles. The largest absolute Gasteiger partial charge is 0.353 e. The maximum atomic E-state index is 12.9. The van der Waals surface area contributed by atoms with Crippen LogP contribution in [-0.4, -0.2) is 38.2 Å². The minimum atomic E-state index is -3.39. The van der Waals surface area contributed by atoms with Crippen molar-refractivity contribution in [1.29, 1.82) is 0 Å². The van der Waals surface area contributed by atoms with Crippen LogP contribution in [0.5, 0.6) is 0 Å². The van der Waals surface area contributed by atoms with Crippen LogP contribution in [0.25, 0.3) is 0 Å². The molecule has 1 unspecified atom stereocenters. The van der Waals surface area contributed by atoms with Crippen LogP contribution in [0.1, 0.15) is 54.9 Å². The number of aryl methyl sites for hydroxylation is 2. The molecule has 0 spiro atoms. The molecule has 1 aromatic heterocycles. The number of rotatable bonds is 8. The molecule has 1 heterocycles. The molecule has 0 saturated carbocycles. The van der Waals surface area contributed by atoms with Crippen molar-refractivity contribution in [3.05, 3.63) is 45.4 Å². The first-order chi connectivity index (χ1) is 13.7. The van der Waals surface area contributed by atoms with E-state index < -0.39 is 9.84 Å². The third kappa shape index (κ3) is 7.49. The Morgan fingerprint density at radius 1 is 1.23 bits per heavy atom. The fraction of sp³-hybridized carbons (Fsp3) is 0.524. The summed E-state index contributed by atoms with van der Waals surface area (Å²) >= 11 is 1.61. The maximum absolute atomic E-state index is 12.9. The summed E-state index contributed by atoms with van der Waals surface area (Å²) in [4.78, 5) is 9.21. The zero-order chi connectivity index (χ0) is 21.6. The highest BCUT2D eigenvalue weighted by Gasteiger charge is 2.21. The Balaban J connectivity index is 0.00000450. The maximum Gasteiger partial charge on any atom is 0.191 e. The van der Waals surface area contributed by atoms with Crippen LogP contribution in [0.4, 0.5) is 0 Å². The lowest BCUT2D eigenvalue weighted by Crippen LogP contribution is -2.45. The van der Waals surface area contributed by atoms with Crippen LogP contribution in [-0.2, 0) is 16.4 Å². The van der Waals surface area contributed by atoms with Crippen LogP contribution in [0.2, 0.25) is 0 Å². The van der Waals surface area contributed by atoms with E-state index in [1.807, 2.05) is 26.8 Å². The molecule has 0 aliphatic carbocycles. The highest BCUT2D eigenvalue weighted by Crippen LogP contribution is 2.18. The van der Waals surface area contributed by atoms with Gasteiger partial charge in [0.05, 0.1) is 22.9 Å². The summed E-state index contributed by atoms with van der Waals surface area (Å²) in [6.07, 6.45) is 0.666. The molecule has 1 atom stereocenters. The van der Waals surface area contributed by atoms with E-state index in [1.165, 1.54) is 0 Å². The number of aromatic nitrogens is 1. The minimum Gasteiger partial charge on any atom is -0.353 e. The topological polar surface area (TPSA) is 83.5 Å². The summed E-state index contributed by atoms with van der Waals surface area (Å²) in [5.41, 5.74) is 3.15. The Kier molecular flexibility index (Phi) is 10.7. The Labute approximate surface area is 201 Å². The van der Waals surface area contributed by atoms with Gasteiger partial charge < -0.3 is 10.6 Å². The molecule has 2 N–H and O–H groups in total. The molecule has 6 nitrogen and oxygen atoms in total. The van der Waals surface area contributed by atoms with Crippen LogP contribution in [0.3, 0.4) is 0 Å². The number of benzene rings is 1. The van der Waals surface area contributed by atoms with E-state index in [0.717, 1.165) is 21.8 Å². The normalized spacial score (nSPS) is 13.1. The summed E-state index contributed by atoms with van der Waals surface area (Å²) in [7, 11) is -1.71. The predicted molar refractivity (Wildman–Crippen MR) is 137 cm³/mol.